The van der Waals surface area contributed by atoms with Crippen LogP contribution in [-0.4, -0.2) is 35.8 Å². The van der Waals surface area contributed by atoms with Gasteiger partial charge in [-0.1, -0.05) is 13.8 Å². The Labute approximate surface area is 111 Å². The first kappa shape index (κ1) is 15.4. The maximum absolute atomic E-state index is 13.7. The van der Waals surface area contributed by atoms with Crippen molar-refractivity contribution in [2.24, 2.45) is 5.92 Å². The zero-order valence-corrected chi connectivity index (χ0v) is 11.1. The maximum atomic E-state index is 13.7. The van der Waals surface area contributed by atoms with Gasteiger partial charge in [-0.15, -0.1) is 0 Å². The van der Waals surface area contributed by atoms with Crippen LogP contribution in [0.1, 0.15) is 30.6 Å². The van der Waals surface area contributed by atoms with Gasteiger partial charge in [-0.25, -0.2) is 14.2 Å². The molecule has 0 amide bonds. The summed E-state index contributed by atoms with van der Waals surface area (Å²) in [6, 6.07) is 1.13. The summed E-state index contributed by atoms with van der Waals surface area (Å²) >= 11 is 0. The van der Waals surface area contributed by atoms with Crippen LogP contribution in [0.5, 0.6) is 0 Å². The molecule has 0 bridgehead atoms. The van der Waals surface area contributed by atoms with E-state index in [0.717, 1.165) is 12.5 Å². The molecule has 0 saturated carbocycles. The van der Waals surface area contributed by atoms with E-state index in [1.165, 1.54) is 6.20 Å². The minimum absolute atomic E-state index is 0.0626. The van der Waals surface area contributed by atoms with Gasteiger partial charge in [0, 0.05) is 19.3 Å². The fourth-order valence-corrected chi connectivity index (χ4v) is 1.39. The molecule has 0 aliphatic rings. The average Bonchev–Trinajstić information content (AvgIpc) is 2.34. The highest BCUT2D eigenvalue weighted by Gasteiger charge is 2.14. The number of carboxylic acid groups (broad SMARTS) is 1. The number of nitrogens with one attached hydrogen (secondary N) is 1. The minimum atomic E-state index is -1.31. The smallest absolute Gasteiger partial charge is 0.338 e. The summed E-state index contributed by atoms with van der Waals surface area (Å²) in [7, 11) is 0. The molecule has 0 atom stereocenters. The van der Waals surface area contributed by atoms with Gasteiger partial charge >= 0.3 is 5.97 Å². The second kappa shape index (κ2) is 7.68. The van der Waals surface area contributed by atoms with Crippen LogP contribution in [0.25, 0.3) is 0 Å². The summed E-state index contributed by atoms with van der Waals surface area (Å²) in [6.07, 6.45) is 2.23. The number of pyridine rings is 1. The number of aromatic nitrogens is 1. The van der Waals surface area contributed by atoms with Crippen molar-refractivity contribution in [2.75, 3.05) is 25.1 Å². The largest absolute Gasteiger partial charge is 0.478 e. The number of carboxylic acids is 1. The van der Waals surface area contributed by atoms with Gasteiger partial charge in [0.2, 0.25) is 0 Å². The van der Waals surface area contributed by atoms with E-state index in [1.54, 1.807) is 0 Å². The minimum Gasteiger partial charge on any atom is -0.478 e. The van der Waals surface area contributed by atoms with Crippen molar-refractivity contribution in [3.05, 3.63) is 23.6 Å². The van der Waals surface area contributed by atoms with Crippen LogP contribution in [0.4, 0.5) is 10.2 Å². The molecule has 5 nitrogen and oxygen atoms in total. The molecular formula is C13H19FN2O3. The first-order valence-electron chi connectivity index (χ1n) is 6.21. The number of ether oxygens (including phenoxy) is 1. The van der Waals surface area contributed by atoms with Crippen LogP contribution >= 0.6 is 0 Å². The summed E-state index contributed by atoms with van der Waals surface area (Å²) in [5, 5.41) is 11.5. The highest BCUT2D eigenvalue weighted by molar-refractivity contribution is 5.88. The average molecular weight is 270 g/mol. The summed E-state index contributed by atoms with van der Waals surface area (Å²) in [5.74, 6) is -1.64. The molecular weight excluding hydrogens is 251 g/mol. The lowest BCUT2D eigenvalue weighted by Crippen LogP contribution is -2.14. The van der Waals surface area contributed by atoms with E-state index in [9.17, 15) is 9.18 Å². The van der Waals surface area contributed by atoms with Gasteiger partial charge in [-0.05, 0) is 18.4 Å². The van der Waals surface area contributed by atoms with Crippen molar-refractivity contribution in [2.45, 2.75) is 20.3 Å². The molecule has 0 saturated heterocycles. The second-order valence-corrected chi connectivity index (χ2v) is 4.55. The number of halogens is 1. The third-order valence-corrected chi connectivity index (χ3v) is 2.50. The molecule has 0 aliphatic carbocycles. The molecule has 19 heavy (non-hydrogen) atoms. The summed E-state index contributed by atoms with van der Waals surface area (Å²) in [5.41, 5.74) is -0.391. The van der Waals surface area contributed by atoms with Crippen LogP contribution in [-0.2, 0) is 4.74 Å². The van der Waals surface area contributed by atoms with Crippen molar-refractivity contribution in [3.8, 4) is 0 Å². The first-order valence-corrected chi connectivity index (χ1v) is 6.21. The fraction of sp³-hybridized carbons (Fsp3) is 0.538. The predicted molar refractivity (Wildman–Crippen MR) is 69.9 cm³/mol. The molecule has 106 valence electrons. The van der Waals surface area contributed by atoms with Gasteiger partial charge in [0.05, 0.1) is 6.61 Å². The highest BCUT2D eigenvalue weighted by atomic mass is 19.1. The van der Waals surface area contributed by atoms with Gasteiger partial charge in [0.15, 0.2) is 11.6 Å². The molecule has 0 aromatic carbocycles. The number of anilines is 1. The van der Waals surface area contributed by atoms with Crippen LogP contribution in [0.2, 0.25) is 0 Å². The molecule has 0 radical (unpaired) electrons. The molecule has 1 rings (SSSR count). The number of carbonyl (C=O) groups is 1. The Morgan fingerprint density at radius 3 is 2.89 bits per heavy atom. The van der Waals surface area contributed by atoms with Crippen molar-refractivity contribution in [3.63, 3.8) is 0 Å². The lowest BCUT2D eigenvalue weighted by atomic mass is 10.1. The zero-order chi connectivity index (χ0) is 14.3. The van der Waals surface area contributed by atoms with E-state index in [-0.39, 0.29) is 5.82 Å². The monoisotopic (exact) mass is 270 g/mol. The van der Waals surface area contributed by atoms with Crippen LogP contribution in [0, 0.1) is 11.7 Å². The molecule has 2 N–H and O–H groups in total. The van der Waals surface area contributed by atoms with E-state index in [1.807, 2.05) is 0 Å². The van der Waals surface area contributed by atoms with E-state index in [4.69, 9.17) is 9.84 Å². The van der Waals surface area contributed by atoms with Crippen molar-refractivity contribution in [1.29, 1.82) is 0 Å². The van der Waals surface area contributed by atoms with Gasteiger partial charge in [-0.2, -0.15) is 0 Å². The van der Waals surface area contributed by atoms with E-state index >= 15 is 0 Å². The first-order chi connectivity index (χ1) is 9.02. The number of aromatic carboxylic acids is 1. The van der Waals surface area contributed by atoms with Crippen molar-refractivity contribution >= 4 is 11.8 Å². The van der Waals surface area contributed by atoms with Crippen molar-refractivity contribution < 1.29 is 19.0 Å². The van der Waals surface area contributed by atoms with E-state index in [0.29, 0.717) is 25.7 Å². The Hall–Kier alpha value is -1.69. The topological polar surface area (TPSA) is 71.5 Å². The molecule has 0 spiro atoms. The zero-order valence-electron chi connectivity index (χ0n) is 11.1. The van der Waals surface area contributed by atoms with Gasteiger partial charge in [0.25, 0.3) is 0 Å². The number of rotatable bonds is 8. The second-order valence-electron chi connectivity index (χ2n) is 4.55. The normalized spacial score (nSPS) is 10.7. The van der Waals surface area contributed by atoms with Crippen LogP contribution in [0.15, 0.2) is 12.3 Å². The molecule has 1 aromatic heterocycles. The molecule has 6 heteroatoms. The van der Waals surface area contributed by atoms with Gasteiger partial charge in [0.1, 0.15) is 5.56 Å². The number of nitrogens with zero attached hydrogens (tertiary/aromatic N) is 1. The molecule has 0 fully saturated rings. The third kappa shape index (κ3) is 5.21. The molecule has 1 heterocycles. The Kier molecular flexibility index (Phi) is 6.21. The Morgan fingerprint density at radius 1 is 1.53 bits per heavy atom. The lowest BCUT2D eigenvalue weighted by molar-refractivity contribution is 0.0692. The third-order valence-electron chi connectivity index (χ3n) is 2.50. The molecule has 0 aliphatic heterocycles. The Balaban J connectivity index is 2.37. The van der Waals surface area contributed by atoms with E-state index < -0.39 is 17.3 Å². The fourth-order valence-electron chi connectivity index (χ4n) is 1.39. The number of hydrogen-bond acceptors (Lipinski definition) is 4. The summed E-state index contributed by atoms with van der Waals surface area (Å²) in [6.45, 7) is 5.68. The predicted octanol–water partition coefficient (Wildman–Crippen LogP) is 2.39. The SMILES string of the molecule is CC(C)CCOCCNc1nccc(C(=O)O)c1F. The van der Waals surface area contributed by atoms with Crippen molar-refractivity contribution in [1.82, 2.24) is 4.98 Å². The molecule has 0 unspecified atom stereocenters. The van der Waals surface area contributed by atoms with Crippen LogP contribution < -0.4 is 5.32 Å². The standard InChI is InChI=1S/C13H19FN2O3/c1-9(2)4-7-19-8-6-16-12-11(14)10(13(17)18)3-5-15-12/h3,5,9H,4,6-8H2,1-2H3,(H,15,16)(H,17,18). The van der Waals surface area contributed by atoms with Gasteiger partial charge in [-0.3, -0.25) is 0 Å². The molecule has 1 aromatic rings. The summed E-state index contributed by atoms with van der Waals surface area (Å²) in [4.78, 5) is 14.5. The summed E-state index contributed by atoms with van der Waals surface area (Å²) < 4.78 is 19.0. The maximum Gasteiger partial charge on any atom is 0.338 e. The Morgan fingerprint density at radius 2 is 2.26 bits per heavy atom. The number of hydrogen-bond donors (Lipinski definition) is 2. The van der Waals surface area contributed by atoms with E-state index in [2.05, 4.69) is 24.1 Å². The lowest BCUT2D eigenvalue weighted by Gasteiger charge is -2.09. The van der Waals surface area contributed by atoms with Crippen LogP contribution in [0.3, 0.4) is 0 Å². The Bertz CT molecular complexity index is 424. The highest BCUT2D eigenvalue weighted by Crippen LogP contribution is 2.14. The van der Waals surface area contributed by atoms with Gasteiger partial charge < -0.3 is 15.2 Å². The quantitative estimate of drug-likeness (QED) is 0.710.